The van der Waals surface area contributed by atoms with Gasteiger partial charge in [0, 0.05) is 16.7 Å². The summed E-state index contributed by atoms with van der Waals surface area (Å²) in [5.74, 6) is 1.92. The van der Waals surface area contributed by atoms with E-state index in [4.69, 9.17) is 15.0 Å². The lowest BCUT2D eigenvalue weighted by Crippen LogP contribution is -2.00. The second-order valence-electron chi connectivity index (χ2n) is 13.2. The Morgan fingerprint density at radius 3 is 1.08 bits per heavy atom. The van der Waals surface area contributed by atoms with Gasteiger partial charge >= 0.3 is 0 Å². The summed E-state index contributed by atoms with van der Waals surface area (Å²) in [6, 6.07) is 66.4. The molecule has 0 aliphatic carbocycles. The molecule has 0 saturated heterocycles. The van der Waals surface area contributed by atoms with Gasteiger partial charge in [-0.15, -0.1) is 0 Å². The molecule has 0 unspecified atom stereocenters. The fourth-order valence-corrected chi connectivity index (χ4v) is 7.43. The van der Waals surface area contributed by atoms with Crippen LogP contribution in [0.4, 0.5) is 0 Å². The summed E-state index contributed by atoms with van der Waals surface area (Å²) in [7, 11) is 0. The molecule has 0 atom stereocenters. The van der Waals surface area contributed by atoms with Gasteiger partial charge in [0.15, 0.2) is 17.5 Å². The van der Waals surface area contributed by atoms with Gasteiger partial charge < -0.3 is 0 Å². The molecule has 0 aliphatic heterocycles. The first-order chi connectivity index (χ1) is 25.7. The van der Waals surface area contributed by atoms with Crippen LogP contribution in [0.15, 0.2) is 188 Å². The van der Waals surface area contributed by atoms with Gasteiger partial charge in [-0.05, 0) is 65.7 Å². The van der Waals surface area contributed by atoms with E-state index in [2.05, 4.69) is 176 Å². The van der Waals surface area contributed by atoms with E-state index in [1.165, 1.54) is 49.0 Å². The van der Waals surface area contributed by atoms with E-state index in [0.29, 0.717) is 17.5 Å². The largest absolute Gasteiger partial charge is 0.208 e. The maximum Gasteiger partial charge on any atom is 0.164 e. The minimum Gasteiger partial charge on any atom is -0.208 e. The zero-order valence-electron chi connectivity index (χ0n) is 28.2. The Morgan fingerprint density at radius 1 is 0.231 bits per heavy atom. The summed E-state index contributed by atoms with van der Waals surface area (Å²) >= 11 is 0. The second kappa shape index (κ2) is 12.4. The number of nitrogens with zero attached hydrogens (tertiary/aromatic N) is 3. The average molecular weight is 662 g/mol. The van der Waals surface area contributed by atoms with Gasteiger partial charge in [0.2, 0.25) is 0 Å². The average Bonchev–Trinajstić information content (AvgIpc) is 3.23. The zero-order valence-corrected chi connectivity index (χ0v) is 28.2. The highest BCUT2D eigenvalue weighted by Crippen LogP contribution is 2.39. The first-order valence-electron chi connectivity index (χ1n) is 17.6. The molecule has 0 radical (unpaired) electrons. The van der Waals surface area contributed by atoms with Crippen molar-refractivity contribution < 1.29 is 0 Å². The number of aromatic nitrogens is 3. The van der Waals surface area contributed by atoms with Crippen molar-refractivity contribution in [3.63, 3.8) is 0 Å². The highest BCUT2D eigenvalue weighted by molar-refractivity contribution is 6.25. The van der Waals surface area contributed by atoms with E-state index in [9.17, 15) is 0 Å². The molecule has 3 heteroatoms. The molecule has 52 heavy (non-hydrogen) atoms. The Labute approximate surface area is 301 Å². The Balaban J connectivity index is 1.06. The van der Waals surface area contributed by atoms with Crippen molar-refractivity contribution in [3.05, 3.63) is 188 Å². The first kappa shape index (κ1) is 29.9. The molecule has 0 fully saturated rings. The molecule has 10 rings (SSSR count). The van der Waals surface area contributed by atoms with Crippen LogP contribution in [0.2, 0.25) is 0 Å². The van der Waals surface area contributed by atoms with E-state index in [-0.39, 0.29) is 0 Å². The molecule has 10 aromatic rings. The molecule has 1 heterocycles. The summed E-state index contributed by atoms with van der Waals surface area (Å²) in [6.45, 7) is 0. The molecule has 0 N–H and O–H groups in total. The van der Waals surface area contributed by atoms with E-state index in [0.717, 1.165) is 33.4 Å². The zero-order chi connectivity index (χ0) is 34.4. The van der Waals surface area contributed by atoms with Gasteiger partial charge in [0.05, 0.1) is 0 Å². The smallest absolute Gasteiger partial charge is 0.164 e. The maximum absolute atomic E-state index is 5.05. The number of hydrogen-bond acceptors (Lipinski definition) is 3. The minimum atomic E-state index is 0.640. The predicted octanol–water partition coefficient (Wildman–Crippen LogP) is 12.8. The molecule has 1 aromatic heterocycles. The number of hydrogen-bond donors (Lipinski definition) is 0. The standard InChI is InChI=1S/C49H31N3/c1-3-8-32(9-4-1)34-14-22-40(23-15-34)47-50-48(41-24-16-35(17-25-41)33-10-5-2-6-11-33)52-49(51-47)42-26-18-36(19-27-42)43-30-28-39-21-20-37-12-7-13-38-29-31-44(43)46(39)45(37)38/h1-31H. The van der Waals surface area contributed by atoms with Gasteiger partial charge in [0.25, 0.3) is 0 Å². The van der Waals surface area contributed by atoms with Gasteiger partial charge in [-0.3, -0.25) is 0 Å². The quantitative estimate of drug-likeness (QED) is 0.166. The van der Waals surface area contributed by atoms with Crippen LogP contribution in [0.25, 0.3) is 99.9 Å². The lowest BCUT2D eigenvalue weighted by Gasteiger charge is -2.14. The maximum atomic E-state index is 5.05. The molecule has 242 valence electrons. The third-order valence-electron chi connectivity index (χ3n) is 10.1. The molecule has 0 saturated carbocycles. The van der Waals surface area contributed by atoms with Crippen LogP contribution in [0.1, 0.15) is 0 Å². The summed E-state index contributed by atoms with van der Waals surface area (Å²) in [5, 5.41) is 7.72. The van der Waals surface area contributed by atoms with Crippen molar-refractivity contribution in [2.75, 3.05) is 0 Å². The molecule has 9 aromatic carbocycles. The normalized spacial score (nSPS) is 11.5. The minimum absolute atomic E-state index is 0.640. The highest BCUT2D eigenvalue weighted by Gasteiger charge is 2.15. The molecule has 3 nitrogen and oxygen atoms in total. The van der Waals surface area contributed by atoms with E-state index >= 15 is 0 Å². The highest BCUT2D eigenvalue weighted by atomic mass is 15.0. The Hall–Kier alpha value is -6.97. The lowest BCUT2D eigenvalue weighted by atomic mass is 9.90. The summed E-state index contributed by atoms with van der Waals surface area (Å²) < 4.78 is 0. The van der Waals surface area contributed by atoms with Gasteiger partial charge in [-0.1, -0.05) is 188 Å². The molecule has 0 spiro atoms. The van der Waals surface area contributed by atoms with Crippen molar-refractivity contribution in [1.29, 1.82) is 0 Å². The van der Waals surface area contributed by atoms with Crippen LogP contribution < -0.4 is 0 Å². The van der Waals surface area contributed by atoms with Crippen LogP contribution in [0.3, 0.4) is 0 Å². The molecule has 0 bridgehead atoms. The van der Waals surface area contributed by atoms with Crippen LogP contribution in [-0.4, -0.2) is 15.0 Å². The van der Waals surface area contributed by atoms with Crippen LogP contribution >= 0.6 is 0 Å². The van der Waals surface area contributed by atoms with E-state index < -0.39 is 0 Å². The third-order valence-corrected chi connectivity index (χ3v) is 10.1. The van der Waals surface area contributed by atoms with Crippen LogP contribution in [-0.2, 0) is 0 Å². The summed E-state index contributed by atoms with van der Waals surface area (Å²) in [4.78, 5) is 15.1. The van der Waals surface area contributed by atoms with Crippen LogP contribution in [0, 0.1) is 0 Å². The van der Waals surface area contributed by atoms with Crippen molar-refractivity contribution in [3.8, 4) is 67.5 Å². The molecule has 0 amide bonds. The fourth-order valence-electron chi connectivity index (χ4n) is 7.43. The van der Waals surface area contributed by atoms with E-state index in [1.54, 1.807) is 0 Å². The van der Waals surface area contributed by atoms with Crippen molar-refractivity contribution in [1.82, 2.24) is 15.0 Å². The number of rotatable bonds is 6. The van der Waals surface area contributed by atoms with Crippen molar-refractivity contribution >= 4 is 32.3 Å². The van der Waals surface area contributed by atoms with Gasteiger partial charge in [0.1, 0.15) is 0 Å². The Kier molecular flexibility index (Phi) is 7.14. The molecular weight excluding hydrogens is 631 g/mol. The van der Waals surface area contributed by atoms with Crippen LogP contribution in [0.5, 0.6) is 0 Å². The number of benzene rings is 9. The summed E-state index contributed by atoms with van der Waals surface area (Å²) in [5.41, 5.74) is 9.84. The first-order valence-corrected chi connectivity index (χ1v) is 17.6. The van der Waals surface area contributed by atoms with Crippen molar-refractivity contribution in [2.45, 2.75) is 0 Å². The predicted molar refractivity (Wildman–Crippen MR) is 216 cm³/mol. The summed E-state index contributed by atoms with van der Waals surface area (Å²) in [6.07, 6.45) is 0. The SMILES string of the molecule is c1ccc(-c2ccc(-c3nc(-c4ccc(-c5ccccc5)cc4)nc(-c4ccc(-c5ccc6ccc7cccc8ccc5c6c78)cc4)n3)cc2)cc1. The second-order valence-corrected chi connectivity index (χ2v) is 13.2. The molecule has 0 aliphatic rings. The van der Waals surface area contributed by atoms with Gasteiger partial charge in [-0.25, -0.2) is 15.0 Å². The third kappa shape index (κ3) is 5.28. The topological polar surface area (TPSA) is 38.7 Å². The lowest BCUT2D eigenvalue weighted by molar-refractivity contribution is 1.07. The van der Waals surface area contributed by atoms with Crippen molar-refractivity contribution in [2.24, 2.45) is 0 Å². The monoisotopic (exact) mass is 661 g/mol. The Bertz CT molecular complexity index is 2730. The molecular formula is C49H31N3. The van der Waals surface area contributed by atoms with Gasteiger partial charge in [-0.2, -0.15) is 0 Å². The fraction of sp³-hybridized carbons (Fsp3) is 0. The Morgan fingerprint density at radius 2 is 0.596 bits per heavy atom. The van der Waals surface area contributed by atoms with E-state index in [1.807, 2.05) is 12.1 Å².